The lowest BCUT2D eigenvalue weighted by atomic mass is 10.1. The summed E-state index contributed by atoms with van der Waals surface area (Å²) in [5, 5.41) is 11.7. The number of azo groups is 1. The molecule has 0 aliphatic rings. The van der Waals surface area contributed by atoms with Gasteiger partial charge >= 0.3 is 8.80 Å². The van der Waals surface area contributed by atoms with Gasteiger partial charge in [0.2, 0.25) is 5.91 Å². The minimum atomic E-state index is -3.00. The highest BCUT2D eigenvalue weighted by molar-refractivity contribution is 6.60. The quantitative estimate of drug-likeness (QED) is 0.0646. The Kier molecular flexibility index (Phi) is 17.1. The van der Waals surface area contributed by atoms with Gasteiger partial charge in [0.15, 0.2) is 6.29 Å². The van der Waals surface area contributed by atoms with Gasteiger partial charge in [0.25, 0.3) is 0 Å². The summed E-state index contributed by atoms with van der Waals surface area (Å²) in [6.07, 6.45) is 8.61. The number of unbranched alkanes of at least 4 members (excludes halogenated alkanes) is 4. The van der Waals surface area contributed by atoms with Crippen molar-refractivity contribution in [1.82, 2.24) is 5.32 Å². The summed E-state index contributed by atoms with van der Waals surface area (Å²) < 4.78 is 24.5. The van der Waals surface area contributed by atoms with Crippen molar-refractivity contribution in [3.8, 4) is 5.75 Å². The Morgan fingerprint density at radius 2 is 1.39 bits per heavy atom. The lowest BCUT2D eigenvalue weighted by Gasteiger charge is -2.31. The lowest BCUT2D eigenvalue weighted by molar-refractivity contribution is -0.121. The molecule has 9 heteroatoms. The molecule has 0 radical (unpaired) electrons. The van der Waals surface area contributed by atoms with E-state index in [-0.39, 0.29) is 5.91 Å². The molecule has 2 aromatic rings. The Bertz CT molecular complexity index is 995. The number of ether oxygens (including phenoxy) is 1. The van der Waals surface area contributed by atoms with Gasteiger partial charge in [-0.2, -0.15) is 10.2 Å². The first kappa shape index (κ1) is 34.6. The number of amides is 1. The Morgan fingerprint density at radius 3 is 1.98 bits per heavy atom. The number of hydrogen-bond donors (Lipinski definition) is 1. The predicted molar refractivity (Wildman–Crippen MR) is 167 cm³/mol. The third-order valence-electron chi connectivity index (χ3n) is 6.49. The van der Waals surface area contributed by atoms with Gasteiger partial charge in [-0.25, -0.2) is 0 Å². The number of carbonyl (C=O) groups excluding carboxylic acids is 1. The summed E-state index contributed by atoms with van der Waals surface area (Å²) >= 11 is 0. The van der Waals surface area contributed by atoms with E-state index < -0.39 is 15.1 Å². The summed E-state index contributed by atoms with van der Waals surface area (Å²) in [5.41, 5.74) is 2.90. The molecule has 0 heterocycles. The number of rotatable bonds is 22. The maximum Gasteiger partial charge on any atom is 0.503 e. The highest BCUT2D eigenvalue weighted by atomic mass is 28.4. The first-order valence-electron chi connectivity index (χ1n) is 15.4. The third-order valence-corrected chi connectivity index (χ3v) is 9.60. The van der Waals surface area contributed by atoms with E-state index in [1.165, 1.54) is 24.8 Å². The van der Waals surface area contributed by atoms with Crippen LogP contribution in [0.15, 0.2) is 58.8 Å². The van der Waals surface area contributed by atoms with Crippen LogP contribution in [-0.2, 0) is 24.5 Å². The van der Waals surface area contributed by atoms with Gasteiger partial charge in [0, 0.05) is 32.2 Å². The van der Waals surface area contributed by atoms with Crippen LogP contribution in [0, 0.1) is 0 Å². The number of hydrogen-bond acceptors (Lipinski definition) is 7. The molecule has 8 nitrogen and oxygen atoms in total. The fraction of sp³-hybridized carbons (Fsp3) is 0.594. The Balaban J connectivity index is 1.88. The first-order valence-corrected chi connectivity index (χ1v) is 17.4. The van der Waals surface area contributed by atoms with E-state index in [0.29, 0.717) is 44.4 Å². The van der Waals surface area contributed by atoms with Crippen LogP contribution in [0.25, 0.3) is 0 Å². The smallest absolute Gasteiger partial charge is 0.466 e. The summed E-state index contributed by atoms with van der Waals surface area (Å²) in [6, 6.07) is 16.3. The monoisotopic (exact) mass is 585 g/mol. The van der Waals surface area contributed by atoms with Crippen molar-refractivity contribution in [1.29, 1.82) is 0 Å². The molecule has 0 bridgehead atoms. The zero-order chi connectivity index (χ0) is 29.8. The number of carbonyl (C=O) groups is 1. The van der Waals surface area contributed by atoms with E-state index in [1.54, 1.807) is 0 Å². The van der Waals surface area contributed by atoms with Crippen LogP contribution in [-0.4, -0.2) is 40.8 Å². The summed E-state index contributed by atoms with van der Waals surface area (Å²) in [7, 11) is -3.00. The van der Waals surface area contributed by atoms with Gasteiger partial charge in [0.05, 0.1) is 11.4 Å². The minimum Gasteiger partial charge on any atom is -0.466 e. The topological polar surface area (TPSA) is 90.7 Å². The maximum absolute atomic E-state index is 12.0. The van der Waals surface area contributed by atoms with Crippen molar-refractivity contribution in [2.24, 2.45) is 10.2 Å². The molecular formula is C32H51N3O5Si. The molecule has 0 fully saturated rings. The van der Waals surface area contributed by atoms with Crippen LogP contribution in [0.3, 0.4) is 0 Å². The van der Waals surface area contributed by atoms with E-state index in [9.17, 15) is 4.79 Å². The van der Waals surface area contributed by atoms with Crippen molar-refractivity contribution in [3.63, 3.8) is 0 Å². The Hall–Kier alpha value is -2.59. The largest absolute Gasteiger partial charge is 0.503 e. The fourth-order valence-corrected chi connectivity index (χ4v) is 7.06. The van der Waals surface area contributed by atoms with Crippen LogP contribution in [0.2, 0.25) is 6.04 Å². The number of aryl methyl sites for hydroxylation is 1. The number of benzene rings is 2. The molecular weight excluding hydrogens is 534 g/mol. The van der Waals surface area contributed by atoms with E-state index in [0.717, 1.165) is 37.1 Å². The predicted octanol–water partition coefficient (Wildman–Crippen LogP) is 8.67. The van der Waals surface area contributed by atoms with E-state index in [4.69, 9.17) is 18.0 Å². The normalized spacial score (nSPS) is 12.5. The average Bonchev–Trinajstić information content (AvgIpc) is 2.96. The molecule has 2 aromatic carbocycles. The average molecular weight is 586 g/mol. The second-order valence-electron chi connectivity index (χ2n) is 10.1. The SMILES string of the molecule is CCCCCC(=O)NCCC[Si](OCC)(OCC)OC(C)Oc1ccc(N=Nc2ccc(CCCCC)cc2)cc1. The van der Waals surface area contributed by atoms with Gasteiger partial charge in [-0.1, -0.05) is 51.7 Å². The summed E-state index contributed by atoms with van der Waals surface area (Å²) in [6.45, 7) is 11.6. The van der Waals surface area contributed by atoms with Crippen molar-refractivity contribution >= 4 is 26.1 Å². The van der Waals surface area contributed by atoms with E-state index in [2.05, 4.69) is 41.5 Å². The highest BCUT2D eigenvalue weighted by Crippen LogP contribution is 2.25. The van der Waals surface area contributed by atoms with Gasteiger partial charge in [-0.05, 0) is 88.4 Å². The van der Waals surface area contributed by atoms with Crippen molar-refractivity contribution in [3.05, 3.63) is 54.1 Å². The summed E-state index contributed by atoms with van der Waals surface area (Å²) in [4.78, 5) is 12.0. The molecule has 1 unspecified atom stereocenters. The number of nitrogens with zero attached hydrogens (tertiary/aromatic N) is 2. The van der Waals surface area contributed by atoms with Crippen LogP contribution in [0.5, 0.6) is 5.75 Å². The van der Waals surface area contributed by atoms with Crippen LogP contribution < -0.4 is 10.1 Å². The van der Waals surface area contributed by atoms with Crippen molar-refractivity contribution < 1.29 is 22.8 Å². The molecule has 1 N–H and O–H groups in total. The molecule has 0 aromatic heterocycles. The van der Waals surface area contributed by atoms with E-state index in [1.807, 2.05) is 57.2 Å². The first-order chi connectivity index (χ1) is 19.9. The molecule has 0 saturated heterocycles. The van der Waals surface area contributed by atoms with Crippen LogP contribution in [0.4, 0.5) is 11.4 Å². The molecule has 1 amide bonds. The third kappa shape index (κ3) is 14.2. The number of nitrogens with one attached hydrogen (secondary N) is 1. The fourth-order valence-electron chi connectivity index (χ4n) is 4.39. The molecule has 0 saturated carbocycles. The molecule has 2 rings (SSSR count). The second-order valence-corrected chi connectivity index (χ2v) is 12.8. The van der Waals surface area contributed by atoms with E-state index >= 15 is 0 Å². The maximum atomic E-state index is 12.0. The minimum absolute atomic E-state index is 0.0925. The Labute approximate surface area is 248 Å². The molecule has 0 aliphatic heterocycles. The molecule has 41 heavy (non-hydrogen) atoms. The van der Waals surface area contributed by atoms with Gasteiger partial charge < -0.3 is 23.3 Å². The standard InChI is InChI=1S/C32H51N3O5Si/c1-6-10-12-15-28-17-19-29(20-18-28)34-35-30-21-23-31(24-22-30)39-27(5)40-41(37-8-3,38-9-4)26-14-25-33-32(36)16-13-11-7-2/h17-24,27H,6-16,25-26H2,1-5H3,(H,33,36). The van der Waals surface area contributed by atoms with Gasteiger partial charge in [-0.15, -0.1) is 0 Å². The lowest BCUT2D eigenvalue weighted by Crippen LogP contribution is -2.49. The summed E-state index contributed by atoms with van der Waals surface area (Å²) in [5.74, 6) is 0.748. The van der Waals surface area contributed by atoms with Gasteiger partial charge in [-0.3, -0.25) is 4.79 Å². The molecule has 0 aliphatic carbocycles. The zero-order valence-corrected chi connectivity index (χ0v) is 26.8. The van der Waals surface area contributed by atoms with Crippen LogP contribution in [0.1, 0.15) is 91.5 Å². The van der Waals surface area contributed by atoms with Crippen LogP contribution >= 0.6 is 0 Å². The second kappa shape index (κ2) is 20.3. The molecule has 228 valence electrons. The Morgan fingerprint density at radius 1 is 0.805 bits per heavy atom. The zero-order valence-electron chi connectivity index (χ0n) is 25.8. The highest BCUT2D eigenvalue weighted by Gasteiger charge is 2.42. The molecule has 1 atom stereocenters. The van der Waals surface area contributed by atoms with Crippen molar-refractivity contribution in [2.75, 3.05) is 19.8 Å². The van der Waals surface area contributed by atoms with Gasteiger partial charge in [0.1, 0.15) is 5.75 Å². The van der Waals surface area contributed by atoms with Crippen molar-refractivity contribution in [2.45, 2.75) is 105 Å². The molecule has 0 spiro atoms.